The van der Waals surface area contributed by atoms with Crippen LogP contribution in [0.5, 0.6) is 0 Å². The fourth-order valence-electron chi connectivity index (χ4n) is 4.33. The number of nitrogens with zero attached hydrogens (tertiary/aromatic N) is 2. The SMILES string of the molecule is O=C(Nc1cccc(C(F)(F)F)c1)N1Cc2ccccc2-n2cccc2[C@@H]1c1ccccc1Cl. The number of urea groups is 1. The van der Waals surface area contributed by atoms with Gasteiger partial charge >= 0.3 is 12.2 Å². The zero-order valence-corrected chi connectivity index (χ0v) is 18.5. The predicted octanol–water partition coefficient (Wildman–Crippen LogP) is 7.29. The lowest BCUT2D eigenvalue weighted by Crippen LogP contribution is -2.38. The third kappa shape index (κ3) is 4.03. The molecule has 1 aromatic heterocycles. The monoisotopic (exact) mass is 481 g/mol. The summed E-state index contributed by atoms with van der Waals surface area (Å²) >= 11 is 6.56. The van der Waals surface area contributed by atoms with Crippen LogP contribution >= 0.6 is 11.6 Å². The predicted molar refractivity (Wildman–Crippen MR) is 125 cm³/mol. The van der Waals surface area contributed by atoms with Gasteiger partial charge in [-0.1, -0.05) is 54.1 Å². The van der Waals surface area contributed by atoms with Gasteiger partial charge < -0.3 is 14.8 Å². The summed E-state index contributed by atoms with van der Waals surface area (Å²) in [4.78, 5) is 15.2. The second kappa shape index (κ2) is 8.57. The van der Waals surface area contributed by atoms with E-state index in [0.29, 0.717) is 5.02 Å². The number of hydrogen-bond donors (Lipinski definition) is 1. The molecule has 34 heavy (non-hydrogen) atoms. The molecule has 4 aromatic rings. The highest BCUT2D eigenvalue weighted by molar-refractivity contribution is 6.31. The van der Waals surface area contributed by atoms with Crippen LogP contribution in [0.1, 0.15) is 28.4 Å². The second-order valence-corrected chi connectivity index (χ2v) is 8.40. The van der Waals surface area contributed by atoms with E-state index in [1.165, 1.54) is 12.1 Å². The van der Waals surface area contributed by atoms with Crippen molar-refractivity contribution in [1.29, 1.82) is 0 Å². The number of benzene rings is 3. The van der Waals surface area contributed by atoms with Crippen molar-refractivity contribution in [1.82, 2.24) is 9.47 Å². The average molecular weight is 482 g/mol. The maximum Gasteiger partial charge on any atom is 0.416 e. The number of para-hydroxylation sites is 1. The summed E-state index contributed by atoms with van der Waals surface area (Å²) < 4.78 is 41.6. The lowest BCUT2D eigenvalue weighted by molar-refractivity contribution is -0.137. The third-order valence-electron chi connectivity index (χ3n) is 5.87. The summed E-state index contributed by atoms with van der Waals surface area (Å²) in [5.41, 5.74) is 2.59. The molecule has 1 atom stereocenters. The van der Waals surface area contributed by atoms with Crippen LogP contribution in [0.3, 0.4) is 0 Å². The Balaban J connectivity index is 1.61. The molecule has 0 unspecified atom stereocenters. The topological polar surface area (TPSA) is 37.3 Å². The van der Waals surface area contributed by atoms with Crippen LogP contribution in [0, 0.1) is 0 Å². The van der Waals surface area contributed by atoms with Gasteiger partial charge in [0.05, 0.1) is 23.5 Å². The Bertz CT molecular complexity index is 1370. The number of alkyl halides is 3. The summed E-state index contributed by atoms with van der Waals surface area (Å²) in [7, 11) is 0. The quantitative estimate of drug-likeness (QED) is 0.321. The van der Waals surface area contributed by atoms with E-state index in [-0.39, 0.29) is 12.2 Å². The van der Waals surface area contributed by atoms with E-state index in [2.05, 4.69) is 5.32 Å². The Labute approximate surface area is 199 Å². The van der Waals surface area contributed by atoms with Crippen LogP contribution in [0.25, 0.3) is 5.69 Å². The highest BCUT2D eigenvalue weighted by Gasteiger charge is 2.35. The van der Waals surface area contributed by atoms with E-state index in [0.717, 1.165) is 34.6 Å². The smallest absolute Gasteiger partial charge is 0.318 e. The van der Waals surface area contributed by atoms with Crippen molar-refractivity contribution < 1.29 is 18.0 Å². The van der Waals surface area contributed by atoms with Gasteiger partial charge in [-0.05, 0) is 53.6 Å². The van der Waals surface area contributed by atoms with Gasteiger partial charge in [0.1, 0.15) is 6.04 Å². The number of halogens is 4. The van der Waals surface area contributed by atoms with E-state index in [9.17, 15) is 18.0 Å². The summed E-state index contributed by atoms with van der Waals surface area (Å²) in [5, 5.41) is 3.15. The Kier molecular flexibility index (Phi) is 5.57. The first-order chi connectivity index (χ1) is 16.3. The minimum absolute atomic E-state index is 0.0608. The number of aromatic nitrogens is 1. The summed E-state index contributed by atoms with van der Waals surface area (Å²) in [6.45, 7) is 0.235. The van der Waals surface area contributed by atoms with E-state index in [4.69, 9.17) is 11.6 Å². The van der Waals surface area contributed by atoms with Gasteiger partial charge in [-0.2, -0.15) is 13.2 Å². The highest BCUT2D eigenvalue weighted by Crippen LogP contribution is 2.39. The molecule has 0 aliphatic carbocycles. The first-order valence-corrected chi connectivity index (χ1v) is 11.0. The number of hydrogen-bond acceptors (Lipinski definition) is 1. The molecular formula is C26H19ClF3N3O. The largest absolute Gasteiger partial charge is 0.416 e. The van der Waals surface area contributed by atoms with E-state index in [1.54, 1.807) is 11.0 Å². The van der Waals surface area contributed by atoms with Gasteiger partial charge in [-0.3, -0.25) is 0 Å². The number of nitrogens with one attached hydrogen (secondary N) is 1. The maximum atomic E-state index is 13.6. The van der Waals surface area contributed by atoms with Gasteiger partial charge in [0, 0.05) is 16.9 Å². The van der Waals surface area contributed by atoms with Crippen LogP contribution < -0.4 is 5.32 Å². The second-order valence-electron chi connectivity index (χ2n) is 7.99. The van der Waals surface area contributed by atoms with Crippen LogP contribution in [-0.4, -0.2) is 15.5 Å². The molecule has 5 rings (SSSR count). The minimum atomic E-state index is -4.51. The molecule has 8 heteroatoms. The summed E-state index contributed by atoms with van der Waals surface area (Å²) in [5.74, 6) is 0. The first-order valence-electron chi connectivity index (χ1n) is 10.6. The number of carbonyl (C=O) groups excluding carboxylic acids is 1. The molecule has 0 bridgehead atoms. The number of anilines is 1. The van der Waals surface area contributed by atoms with Crippen LogP contribution in [0.15, 0.2) is 91.1 Å². The molecule has 1 aliphatic rings. The molecule has 0 saturated heterocycles. The van der Waals surface area contributed by atoms with Crippen molar-refractivity contribution in [3.63, 3.8) is 0 Å². The van der Waals surface area contributed by atoms with Gasteiger partial charge in [-0.25, -0.2) is 4.79 Å². The van der Waals surface area contributed by atoms with Crippen molar-refractivity contribution in [3.05, 3.63) is 119 Å². The van der Waals surface area contributed by atoms with E-state index in [1.807, 2.05) is 65.4 Å². The van der Waals surface area contributed by atoms with Gasteiger partial charge in [-0.15, -0.1) is 0 Å². The van der Waals surface area contributed by atoms with Crippen molar-refractivity contribution >= 4 is 23.3 Å². The zero-order valence-electron chi connectivity index (χ0n) is 17.8. The first kappa shape index (κ1) is 22.1. The normalized spacial score (nSPS) is 15.3. The third-order valence-corrected chi connectivity index (χ3v) is 6.21. The number of fused-ring (bicyclic) bond motifs is 3. The van der Waals surface area contributed by atoms with Crippen LogP contribution in [0.4, 0.5) is 23.7 Å². The van der Waals surface area contributed by atoms with E-state index < -0.39 is 23.8 Å². The molecule has 1 N–H and O–H groups in total. The molecule has 2 heterocycles. The molecule has 2 amide bonds. The van der Waals surface area contributed by atoms with Crippen LogP contribution in [-0.2, 0) is 12.7 Å². The Morgan fingerprint density at radius 2 is 1.71 bits per heavy atom. The lowest BCUT2D eigenvalue weighted by Gasteiger charge is -2.31. The molecule has 0 radical (unpaired) electrons. The molecule has 0 fully saturated rings. The molecule has 1 aliphatic heterocycles. The Morgan fingerprint density at radius 3 is 2.50 bits per heavy atom. The summed E-state index contributed by atoms with van der Waals surface area (Å²) in [6.07, 6.45) is -2.59. The molecule has 4 nitrogen and oxygen atoms in total. The number of amides is 2. The Hall–Kier alpha value is -3.71. The molecule has 172 valence electrons. The van der Waals surface area contributed by atoms with Crippen molar-refractivity contribution in [2.24, 2.45) is 0 Å². The molecule has 0 spiro atoms. The summed E-state index contributed by atoms with van der Waals surface area (Å²) in [6, 6.07) is 22.3. The molecule has 3 aromatic carbocycles. The van der Waals surface area contributed by atoms with Crippen molar-refractivity contribution in [3.8, 4) is 5.69 Å². The van der Waals surface area contributed by atoms with E-state index >= 15 is 0 Å². The van der Waals surface area contributed by atoms with Crippen molar-refractivity contribution in [2.75, 3.05) is 5.32 Å². The van der Waals surface area contributed by atoms with Gasteiger partial charge in [0.2, 0.25) is 0 Å². The molecule has 0 saturated carbocycles. The van der Waals surface area contributed by atoms with Crippen molar-refractivity contribution in [2.45, 2.75) is 18.8 Å². The standard InChI is InChI=1S/C26H19ClF3N3O/c27-21-11-3-2-10-20(21)24-23-13-6-14-32(23)22-12-4-1-7-17(22)16-33(24)25(34)31-19-9-5-8-18(15-19)26(28,29)30/h1-15,24H,16H2,(H,31,34)/t24-/m0/s1. The maximum absolute atomic E-state index is 13.6. The van der Waals surface area contributed by atoms with Crippen LogP contribution in [0.2, 0.25) is 5.02 Å². The van der Waals surface area contributed by atoms with Gasteiger partial charge in [0.25, 0.3) is 0 Å². The van der Waals surface area contributed by atoms with Gasteiger partial charge in [0.15, 0.2) is 0 Å². The number of carbonyl (C=O) groups is 1. The fourth-order valence-corrected chi connectivity index (χ4v) is 4.57. The highest BCUT2D eigenvalue weighted by atomic mass is 35.5. The molecular weight excluding hydrogens is 463 g/mol. The average Bonchev–Trinajstić information content (AvgIpc) is 3.24. The lowest BCUT2D eigenvalue weighted by atomic mass is 10.0. The number of rotatable bonds is 2. The Morgan fingerprint density at radius 1 is 0.941 bits per heavy atom. The minimum Gasteiger partial charge on any atom is -0.318 e. The zero-order chi connectivity index (χ0) is 23.9. The fraction of sp³-hybridized carbons (Fsp3) is 0.115.